The molecule has 148 valence electrons. The molecule has 1 aliphatic heterocycles. The van der Waals surface area contributed by atoms with E-state index < -0.39 is 11.9 Å². The van der Waals surface area contributed by atoms with Gasteiger partial charge in [0.2, 0.25) is 0 Å². The Balaban J connectivity index is 1.78. The number of alkyl halides is 3. The Hall–Kier alpha value is -2.23. The largest absolute Gasteiger partial charge is 0.433 e. The summed E-state index contributed by atoms with van der Waals surface area (Å²) in [6.45, 7) is 4.65. The first-order chi connectivity index (χ1) is 13.5. The first-order valence-electron chi connectivity index (χ1n) is 9.04. The van der Waals surface area contributed by atoms with Gasteiger partial charge < -0.3 is 10.6 Å². The van der Waals surface area contributed by atoms with Gasteiger partial charge in [-0.15, -0.1) is 0 Å². The number of rotatable bonds is 4. The second-order valence-corrected chi connectivity index (χ2v) is 7.50. The molecule has 2 N–H and O–H groups in total. The molecule has 3 aromatic heterocycles. The van der Waals surface area contributed by atoms with Crippen molar-refractivity contribution in [2.45, 2.75) is 6.18 Å². The number of thiophene rings is 1. The number of anilines is 1. The monoisotopic (exact) mass is 407 g/mol. The van der Waals surface area contributed by atoms with Gasteiger partial charge in [0.25, 0.3) is 0 Å². The Morgan fingerprint density at radius 3 is 2.54 bits per heavy atom. The fourth-order valence-electron chi connectivity index (χ4n) is 3.51. The topological polar surface area (TPSA) is 58.3 Å². The summed E-state index contributed by atoms with van der Waals surface area (Å²) in [6.07, 6.45) is -2.85. The van der Waals surface area contributed by atoms with E-state index in [4.69, 9.17) is 5.73 Å². The second-order valence-electron chi connectivity index (χ2n) is 6.72. The van der Waals surface area contributed by atoms with E-state index in [0.717, 1.165) is 44.4 Å². The van der Waals surface area contributed by atoms with Crippen LogP contribution < -0.4 is 10.6 Å². The summed E-state index contributed by atoms with van der Waals surface area (Å²) < 4.78 is 39.8. The molecule has 1 fully saturated rings. The number of piperazine rings is 1. The van der Waals surface area contributed by atoms with Crippen LogP contribution in [0.15, 0.2) is 35.2 Å². The van der Waals surface area contributed by atoms with Gasteiger partial charge in [-0.25, -0.2) is 9.97 Å². The van der Waals surface area contributed by atoms with Crippen molar-refractivity contribution in [2.24, 2.45) is 5.73 Å². The Morgan fingerprint density at radius 1 is 1.11 bits per heavy atom. The zero-order valence-electron chi connectivity index (χ0n) is 15.1. The normalized spacial score (nSPS) is 16.1. The maximum absolute atomic E-state index is 13.3. The molecule has 0 bridgehead atoms. The Bertz CT molecular complexity index is 950. The standard InChI is InChI=1S/C19H20F3N5S/c20-19(21,22)16-2-1-14-17(25-16)15(13-3-10-28-12-13)11-24-18(14)27-8-6-26(5-4-23)7-9-27/h1-3,10-12H,4-9,23H2. The van der Waals surface area contributed by atoms with Crippen molar-refractivity contribution in [1.29, 1.82) is 0 Å². The highest BCUT2D eigenvalue weighted by Gasteiger charge is 2.33. The van der Waals surface area contributed by atoms with Gasteiger partial charge in [-0.1, -0.05) is 0 Å². The molecule has 4 heterocycles. The van der Waals surface area contributed by atoms with Gasteiger partial charge >= 0.3 is 6.18 Å². The molecule has 0 aliphatic carbocycles. The second kappa shape index (κ2) is 7.65. The molecular formula is C19H20F3N5S. The molecule has 28 heavy (non-hydrogen) atoms. The first kappa shape index (κ1) is 19.1. The lowest BCUT2D eigenvalue weighted by molar-refractivity contribution is -0.140. The van der Waals surface area contributed by atoms with Gasteiger partial charge in [0.05, 0.1) is 5.52 Å². The van der Waals surface area contributed by atoms with E-state index in [1.54, 1.807) is 6.20 Å². The van der Waals surface area contributed by atoms with Gasteiger partial charge in [0, 0.05) is 56.4 Å². The predicted molar refractivity (Wildman–Crippen MR) is 106 cm³/mol. The lowest BCUT2D eigenvalue weighted by Gasteiger charge is -2.35. The summed E-state index contributed by atoms with van der Waals surface area (Å²) >= 11 is 1.49. The fourth-order valence-corrected chi connectivity index (χ4v) is 4.16. The number of nitrogens with zero attached hydrogens (tertiary/aromatic N) is 4. The van der Waals surface area contributed by atoms with Crippen LogP contribution in [-0.2, 0) is 6.18 Å². The third-order valence-corrected chi connectivity index (χ3v) is 5.63. The van der Waals surface area contributed by atoms with Crippen LogP contribution in [0.1, 0.15) is 5.69 Å². The Labute approximate surface area is 164 Å². The molecule has 4 rings (SSSR count). The van der Waals surface area contributed by atoms with Crippen LogP contribution in [0.25, 0.3) is 22.0 Å². The number of fused-ring (bicyclic) bond motifs is 1. The molecule has 9 heteroatoms. The summed E-state index contributed by atoms with van der Waals surface area (Å²) in [5.41, 5.74) is 6.52. The quantitative estimate of drug-likeness (QED) is 0.718. The van der Waals surface area contributed by atoms with Crippen molar-refractivity contribution in [1.82, 2.24) is 14.9 Å². The number of hydrogen-bond acceptors (Lipinski definition) is 6. The lowest BCUT2D eigenvalue weighted by Crippen LogP contribution is -2.48. The van der Waals surface area contributed by atoms with Crippen molar-refractivity contribution in [3.63, 3.8) is 0 Å². The van der Waals surface area contributed by atoms with Crippen LogP contribution >= 0.6 is 11.3 Å². The summed E-state index contributed by atoms with van der Waals surface area (Å²) in [6, 6.07) is 4.40. The molecule has 1 saturated heterocycles. The van der Waals surface area contributed by atoms with Gasteiger partial charge in [-0.3, -0.25) is 4.90 Å². The van der Waals surface area contributed by atoms with Crippen LogP contribution in [0.2, 0.25) is 0 Å². The Morgan fingerprint density at radius 2 is 1.89 bits per heavy atom. The highest BCUT2D eigenvalue weighted by molar-refractivity contribution is 7.08. The van der Waals surface area contributed by atoms with Crippen molar-refractivity contribution in [3.05, 3.63) is 40.8 Å². The van der Waals surface area contributed by atoms with E-state index >= 15 is 0 Å². The van der Waals surface area contributed by atoms with E-state index in [1.807, 2.05) is 16.8 Å². The molecule has 0 saturated carbocycles. The maximum atomic E-state index is 13.3. The van der Waals surface area contributed by atoms with Crippen LogP contribution in [-0.4, -0.2) is 54.1 Å². The van der Waals surface area contributed by atoms with E-state index in [9.17, 15) is 13.2 Å². The molecule has 3 aromatic rings. The number of nitrogens with two attached hydrogens (primary N) is 1. The third-order valence-electron chi connectivity index (χ3n) is 4.95. The summed E-state index contributed by atoms with van der Waals surface area (Å²) in [5.74, 6) is 0.683. The molecule has 5 nitrogen and oxygen atoms in total. The lowest BCUT2D eigenvalue weighted by atomic mass is 10.1. The smallest absolute Gasteiger partial charge is 0.353 e. The average molecular weight is 407 g/mol. The van der Waals surface area contributed by atoms with Gasteiger partial charge in [-0.2, -0.15) is 24.5 Å². The first-order valence-corrected chi connectivity index (χ1v) is 9.98. The minimum atomic E-state index is -4.49. The van der Waals surface area contributed by atoms with Crippen LogP contribution in [0.4, 0.5) is 19.0 Å². The van der Waals surface area contributed by atoms with Crippen LogP contribution in [0.5, 0.6) is 0 Å². The molecule has 0 unspecified atom stereocenters. The summed E-state index contributed by atoms with van der Waals surface area (Å²) in [5, 5.41) is 4.42. The van der Waals surface area contributed by atoms with Crippen molar-refractivity contribution >= 4 is 28.1 Å². The predicted octanol–water partition coefficient (Wildman–Crippen LogP) is 3.46. The fraction of sp³-hybridized carbons (Fsp3) is 0.368. The Kier molecular flexibility index (Phi) is 5.22. The molecular weight excluding hydrogens is 387 g/mol. The highest BCUT2D eigenvalue weighted by Crippen LogP contribution is 2.36. The average Bonchev–Trinajstić information content (AvgIpc) is 3.21. The molecule has 1 aliphatic rings. The number of halogens is 3. The van der Waals surface area contributed by atoms with Crippen molar-refractivity contribution in [2.75, 3.05) is 44.2 Å². The van der Waals surface area contributed by atoms with Gasteiger partial charge in [0.1, 0.15) is 11.5 Å². The summed E-state index contributed by atoms with van der Waals surface area (Å²) in [7, 11) is 0. The number of pyridine rings is 2. The van der Waals surface area contributed by atoms with Crippen LogP contribution in [0, 0.1) is 0 Å². The molecule has 0 spiro atoms. The van der Waals surface area contributed by atoms with E-state index in [-0.39, 0.29) is 0 Å². The minimum Gasteiger partial charge on any atom is -0.353 e. The number of hydrogen-bond donors (Lipinski definition) is 1. The van der Waals surface area contributed by atoms with Crippen LogP contribution in [0.3, 0.4) is 0 Å². The van der Waals surface area contributed by atoms with Gasteiger partial charge in [0.15, 0.2) is 0 Å². The molecule has 0 amide bonds. The highest BCUT2D eigenvalue weighted by atomic mass is 32.1. The third kappa shape index (κ3) is 3.69. The van der Waals surface area contributed by atoms with Crippen molar-refractivity contribution in [3.8, 4) is 11.1 Å². The summed E-state index contributed by atoms with van der Waals surface area (Å²) in [4.78, 5) is 13.0. The molecule has 0 atom stereocenters. The SMILES string of the molecule is NCCN1CCN(c2ncc(-c3ccsc3)c3nc(C(F)(F)F)ccc23)CC1. The van der Waals surface area contributed by atoms with Crippen molar-refractivity contribution < 1.29 is 13.2 Å². The maximum Gasteiger partial charge on any atom is 0.433 e. The zero-order chi connectivity index (χ0) is 19.7. The van der Waals surface area contributed by atoms with E-state index in [0.29, 0.717) is 28.8 Å². The minimum absolute atomic E-state index is 0.336. The van der Waals surface area contributed by atoms with E-state index in [2.05, 4.69) is 19.8 Å². The van der Waals surface area contributed by atoms with Gasteiger partial charge in [-0.05, 0) is 34.5 Å². The molecule has 0 aromatic carbocycles. The van der Waals surface area contributed by atoms with E-state index in [1.165, 1.54) is 17.4 Å². The number of aromatic nitrogens is 2. The zero-order valence-corrected chi connectivity index (χ0v) is 15.9. The molecule has 0 radical (unpaired) electrons.